The molecule has 0 fully saturated rings. The Balaban J connectivity index is 1.85. The minimum atomic E-state index is -0.0972. The highest BCUT2D eigenvalue weighted by Crippen LogP contribution is 2.07. The van der Waals surface area contributed by atoms with Gasteiger partial charge in [-0.3, -0.25) is 4.79 Å². The lowest BCUT2D eigenvalue weighted by Gasteiger charge is -2.14. The van der Waals surface area contributed by atoms with Crippen molar-refractivity contribution in [3.8, 4) is 6.07 Å². The van der Waals surface area contributed by atoms with E-state index in [1.807, 2.05) is 31.2 Å². The molecule has 0 spiro atoms. The molecule has 2 aromatic rings. The summed E-state index contributed by atoms with van der Waals surface area (Å²) in [5.74, 6) is -0.0972. The van der Waals surface area contributed by atoms with Crippen LogP contribution in [0.2, 0.25) is 0 Å². The lowest BCUT2D eigenvalue weighted by Crippen LogP contribution is -2.32. The van der Waals surface area contributed by atoms with E-state index in [-0.39, 0.29) is 11.9 Å². The van der Waals surface area contributed by atoms with Crippen LogP contribution in [0.25, 0.3) is 0 Å². The van der Waals surface area contributed by atoms with Gasteiger partial charge in [-0.05, 0) is 49.6 Å². The van der Waals surface area contributed by atoms with Crippen LogP contribution < -0.4 is 5.32 Å². The van der Waals surface area contributed by atoms with Crippen LogP contribution in [0, 0.1) is 11.3 Å². The summed E-state index contributed by atoms with van der Waals surface area (Å²) in [7, 11) is 0. The van der Waals surface area contributed by atoms with Gasteiger partial charge in [-0.25, -0.2) is 0 Å². The second-order valence-corrected chi connectivity index (χ2v) is 5.09. The van der Waals surface area contributed by atoms with Crippen molar-refractivity contribution in [2.24, 2.45) is 0 Å². The fourth-order valence-electron chi connectivity index (χ4n) is 2.10. The minimum absolute atomic E-state index is 0.0972. The van der Waals surface area contributed by atoms with Crippen LogP contribution in [-0.4, -0.2) is 11.9 Å². The summed E-state index contributed by atoms with van der Waals surface area (Å²) in [4.78, 5) is 12.1. The quantitative estimate of drug-likeness (QED) is 0.912. The summed E-state index contributed by atoms with van der Waals surface area (Å²) in [6.07, 6.45) is 1.84. The number of nitrogens with one attached hydrogen (secondary N) is 1. The third kappa shape index (κ3) is 4.47. The standard InChI is InChI=1S/C18H18N2O/c1-14(7-8-15-5-3-2-4-6-15)20-18(21)17-11-9-16(13-19)10-12-17/h2-6,9-12,14H,7-8H2,1H3,(H,20,21). The Kier molecular flexibility index (Phi) is 5.11. The van der Waals surface area contributed by atoms with Crippen LogP contribution in [0.1, 0.15) is 34.8 Å². The third-order valence-electron chi connectivity index (χ3n) is 3.36. The first-order chi connectivity index (χ1) is 10.2. The minimum Gasteiger partial charge on any atom is -0.350 e. The Hall–Kier alpha value is -2.60. The summed E-state index contributed by atoms with van der Waals surface area (Å²) in [6.45, 7) is 2.00. The summed E-state index contributed by atoms with van der Waals surface area (Å²) in [5.41, 5.74) is 2.42. The summed E-state index contributed by atoms with van der Waals surface area (Å²) >= 11 is 0. The predicted molar refractivity (Wildman–Crippen MR) is 82.8 cm³/mol. The molecule has 0 aliphatic carbocycles. The number of nitrogens with zero attached hydrogens (tertiary/aromatic N) is 1. The van der Waals surface area contributed by atoms with Crippen LogP contribution in [0.3, 0.4) is 0 Å². The molecule has 0 heterocycles. The molecule has 0 saturated carbocycles. The molecule has 0 aliphatic heterocycles. The number of rotatable bonds is 5. The summed E-state index contributed by atoms with van der Waals surface area (Å²) in [5, 5.41) is 11.7. The highest BCUT2D eigenvalue weighted by molar-refractivity contribution is 5.94. The monoisotopic (exact) mass is 278 g/mol. The number of hydrogen-bond donors (Lipinski definition) is 1. The predicted octanol–water partition coefficient (Wildman–Crippen LogP) is 3.31. The van der Waals surface area contributed by atoms with Crippen LogP contribution in [0.15, 0.2) is 54.6 Å². The van der Waals surface area contributed by atoms with Gasteiger partial charge in [0.15, 0.2) is 0 Å². The van der Waals surface area contributed by atoms with E-state index in [0.29, 0.717) is 11.1 Å². The second kappa shape index (κ2) is 7.25. The van der Waals surface area contributed by atoms with Crippen LogP contribution >= 0.6 is 0 Å². The molecule has 1 unspecified atom stereocenters. The number of carbonyl (C=O) groups is 1. The molecule has 21 heavy (non-hydrogen) atoms. The number of amides is 1. The van der Waals surface area contributed by atoms with Crippen molar-refractivity contribution in [2.75, 3.05) is 0 Å². The van der Waals surface area contributed by atoms with E-state index >= 15 is 0 Å². The average molecular weight is 278 g/mol. The smallest absolute Gasteiger partial charge is 0.251 e. The van der Waals surface area contributed by atoms with Crippen molar-refractivity contribution in [1.82, 2.24) is 5.32 Å². The molecule has 0 bridgehead atoms. The van der Waals surface area contributed by atoms with Gasteiger partial charge in [-0.2, -0.15) is 5.26 Å². The van der Waals surface area contributed by atoms with Gasteiger partial charge in [0.2, 0.25) is 0 Å². The van der Waals surface area contributed by atoms with Crippen molar-refractivity contribution in [2.45, 2.75) is 25.8 Å². The van der Waals surface area contributed by atoms with E-state index in [1.165, 1.54) is 5.56 Å². The topological polar surface area (TPSA) is 52.9 Å². The molecule has 0 radical (unpaired) electrons. The van der Waals surface area contributed by atoms with Gasteiger partial charge in [0, 0.05) is 11.6 Å². The van der Waals surface area contributed by atoms with Gasteiger partial charge < -0.3 is 5.32 Å². The highest BCUT2D eigenvalue weighted by Gasteiger charge is 2.09. The Morgan fingerprint density at radius 1 is 1.14 bits per heavy atom. The van der Waals surface area contributed by atoms with E-state index in [1.54, 1.807) is 24.3 Å². The molecular formula is C18H18N2O. The number of benzene rings is 2. The lowest BCUT2D eigenvalue weighted by molar-refractivity contribution is 0.0938. The molecule has 1 amide bonds. The van der Waals surface area contributed by atoms with Gasteiger partial charge >= 0.3 is 0 Å². The zero-order chi connectivity index (χ0) is 15.1. The van der Waals surface area contributed by atoms with Gasteiger partial charge in [0.05, 0.1) is 11.6 Å². The Morgan fingerprint density at radius 3 is 2.43 bits per heavy atom. The van der Waals surface area contributed by atoms with Crippen LogP contribution in [0.5, 0.6) is 0 Å². The second-order valence-electron chi connectivity index (χ2n) is 5.09. The molecule has 0 aromatic heterocycles. The van der Waals surface area contributed by atoms with Crippen molar-refractivity contribution >= 4 is 5.91 Å². The molecule has 2 rings (SSSR count). The number of aryl methyl sites for hydroxylation is 1. The zero-order valence-corrected chi connectivity index (χ0v) is 12.0. The summed E-state index contributed by atoms with van der Waals surface area (Å²) < 4.78 is 0. The Bertz CT molecular complexity index is 627. The maximum Gasteiger partial charge on any atom is 0.251 e. The molecule has 1 atom stereocenters. The molecular weight excluding hydrogens is 260 g/mol. The first-order valence-corrected chi connectivity index (χ1v) is 7.04. The first kappa shape index (κ1) is 14.8. The molecule has 0 aliphatic rings. The van der Waals surface area contributed by atoms with E-state index in [2.05, 4.69) is 17.4 Å². The highest BCUT2D eigenvalue weighted by atomic mass is 16.1. The molecule has 3 heteroatoms. The van der Waals surface area contributed by atoms with Crippen LogP contribution in [0.4, 0.5) is 0 Å². The molecule has 1 N–H and O–H groups in total. The maximum absolute atomic E-state index is 12.1. The number of nitriles is 1. The van der Waals surface area contributed by atoms with E-state index in [0.717, 1.165) is 12.8 Å². The number of hydrogen-bond acceptors (Lipinski definition) is 2. The van der Waals surface area contributed by atoms with Gasteiger partial charge in [-0.15, -0.1) is 0 Å². The number of carbonyl (C=O) groups excluding carboxylic acids is 1. The third-order valence-corrected chi connectivity index (χ3v) is 3.36. The van der Waals surface area contributed by atoms with Gasteiger partial charge in [0.1, 0.15) is 0 Å². The zero-order valence-electron chi connectivity index (χ0n) is 12.0. The van der Waals surface area contributed by atoms with Crippen LogP contribution in [-0.2, 0) is 6.42 Å². The van der Waals surface area contributed by atoms with Crippen molar-refractivity contribution in [3.05, 3.63) is 71.3 Å². The van der Waals surface area contributed by atoms with Crippen molar-refractivity contribution in [1.29, 1.82) is 5.26 Å². The maximum atomic E-state index is 12.1. The summed E-state index contributed by atoms with van der Waals surface area (Å²) in [6, 6.07) is 19.0. The molecule has 0 saturated heterocycles. The van der Waals surface area contributed by atoms with E-state index < -0.39 is 0 Å². The fourth-order valence-corrected chi connectivity index (χ4v) is 2.10. The lowest BCUT2D eigenvalue weighted by atomic mass is 10.1. The average Bonchev–Trinajstić information content (AvgIpc) is 2.54. The molecule has 106 valence electrons. The first-order valence-electron chi connectivity index (χ1n) is 7.04. The fraction of sp³-hybridized carbons (Fsp3) is 0.222. The largest absolute Gasteiger partial charge is 0.350 e. The molecule has 3 nitrogen and oxygen atoms in total. The van der Waals surface area contributed by atoms with E-state index in [9.17, 15) is 4.79 Å². The normalized spacial score (nSPS) is 11.4. The Morgan fingerprint density at radius 2 is 1.81 bits per heavy atom. The van der Waals surface area contributed by atoms with Crippen molar-refractivity contribution in [3.63, 3.8) is 0 Å². The molecule has 2 aromatic carbocycles. The van der Waals surface area contributed by atoms with Gasteiger partial charge in [-0.1, -0.05) is 30.3 Å². The van der Waals surface area contributed by atoms with E-state index in [4.69, 9.17) is 5.26 Å². The SMILES string of the molecule is CC(CCc1ccccc1)NC(=O)c1ccc(C#N)cc1. The Labute approximate surface area is 125 Å². The van der Waals surface area contributed by atoms with Gasteiger partial charge in [0.25, 0.3) is 5.91 Å². The van der Waals surface area contributed by atoms with Crippen molar-refractivity contribution < 1.29 is 4.79 Å².